The molecule has 0 spiro atoms. The molecule has 29 heavy (non-hydrogen) atoms. The number of nitrogens with zero attached hydrogens (tertiary/aromatic N) is 7. The Balaban J connectivity index is 1.40. The van der Waals surface area contributed by atoms with Gasteiger partial charge in [0.2, 0.25) is 0 Å². The van der Waals surface area contributed by atoms with E-state index in [0.717, 1.165) is 11.3 Å². The van der Waals surface area contributed by atoms with Crippen LogP contribution in [0.4, 0.5) is 20.5 Å². The van der Waals surface area contributed by atoms with E-state index in [4.69, 9.17) is 4.52 Å². The van der Waals surface area contributed by atoms with Gasteiger partial charge in [-0.25, -0.2) is 19.4 Å². The Labute approximate surface area is 163 Å². The molecular formula is C19H13F2N7O. The molecule has 0 bridgehead atoms. The van der Waals surface area contributed by atoms with Crippen LogP contribution in [0.15, 0.2) is 70.1 Å². The molecule has 0 fully saturated rings. The fourth-order valence-electron chi connectivity index (χ4n) is 3.70. The van der Waals surface area contributed by atoms with Crippen molar-refractivity contribution in [3.63, 3.8) is 0 Å². The minimum absolute atomic E-state index is 0.0804. The average molecular weight is 393 g/mol. The van der Waals surface area contributed by atoms with Crippen molar-refractivity contribution < 1.29 is 13.4 Å². The molecule has 0 unspecified atom stereocenters. The van der Waals surface area contributed by atoms with Gasteiger partial charge in [-0.2, -0.15) is 10.1 Å². The van der Waals surface area contributed by atoms with Gasteiger partial charge in [0.1, 0.15) is 19.2 Å². The molecule has 0 amide bonds. The number of benzene rings is 2. The van der Waals surface area contributed by atoms with E-state index in [1.807, 2.05) is 29.2 Å². The van der Waals surface area contributed by atoms with E-state index in [2.05, 4.69) is 15.1 Å². The molecular weight excluding hydrogens is 380 g/mol. The second kappa shape index (κ2) is 5.77. The number of para-hydroxylation sites is 1. The lowest BCUT2D eigenvalue weighted by atomic mass is 10.1. The van der Waals surface area contributed by atoms with Crippen LogP contribution in [0.25, 0.3) is 11.5 Å². The number of aromatic nitrogens is 2. The molecule has 8 nitrogen and oxygen atoms in total. The monoisotopic (exact) mass is 393 g/mol. The first-order valence-corrected chi connectivity index (χ1v) is 8.92. The summed E-state index contributed by atoms with van der Waals surface area (Å²) in [6.45, 7) is 0.334. The molecule has 0 aliphatic carbocycles. The summed E-state index contributed by atoms with van der Waals surface area (Å²) in [6.07, 6.45) is 1.41. The summed E-state index contributed by atoms with van der Waals surface area (Å²) in [4.78, 5) is 10.9. The number of amidine groups is 1. The van der Waals surface area contributed by atoms with E-state index in [1.54, 1.807) is 22.2 Å². The summed E-state index contributed by atoms with van der Waals surface area (Å²) >= 11 is 0. The summed E-state index contributed by atoms with van der Waals surface area (Å²) in [6, 6.07) is 13.5. The third kappa shape index (κ3) is 2.32. The summed E-state index contributed by atoms with van der Waals surface area (Å²) in [7, 11) is 0. The predicted octanol–water partition coefficient (Wildman–Crippen LogP) is 3.09. The molecule has 0 saturated heterocycles. The second-order valence-corrected chi connectivity index (χ2v) is 6.71. The highest BCUT2D eigenvalue weighted by Crippen LogP contribution is 2.40. The number of halogens is 2. The molecule has 3 aliphatic heterocycles. The van der Waals surface area contributed by atoms with E-state index in [9.17, 15) is 8.87 Å². The van der Waals surface area contributed by atoms with Crippen LogP contribution in [0, 0.1) is 5.82 Å². The minimum Gasteiger partial charge on any atom is -0.332 e. The summed E-state index contributed by atoms with van der Waals surface area (Å²) in [5, 5.41) is 8.16. The Hall–Kier alpha value is -3.95. The highest BCUT2D eigenvalue weighted by molar-refractivity contribution is 6.08. The molecule has 4 heterocycles. The molecule has 0 atom stereocenters. The van der Waals surface area contributed by atoms with Crippen LogP contribution < -0.4 is 9.91 Å². The number of aliphatic imine (C=N–C) groups is 1. The van der Waals surface area contributed by atoms with Gasteiger partial charge in [-0.3, -0.25) is 0 Å². The lowest BCUT2D eigenvalue weighted by Gasteiger charge is -2.39. The van der Waals surface area contributed by atoms with Crippen LogP contribution in [-0.2, 0) is 0 Å². The Kier molecular flexibility index (Phi) is 3.19. The van der Waals surface area contributed by atoms with E-state index in [0.29, 0.717) is 22.3 Å². The normalized spacial score (nSPS) is 17.2. The zero-order valence-corrected chi connectivity index (χ0v) is 14.9. The van der Waals surface area contributed by atoms with Gasteiger partial charge >= 0.3 is 0 Å². The molecule has 2 aromatic carbocycles. The van der Waals surface area contributed by atoms with Crippen LogP contribution >= 0.6 is 0 Å². The topological polar surface area (TPSA) is 64.2 Å². The van der Waals surface area contributed by atoms with Crippen LogP contribution in [0.2, 0.25) is 0 Å². The van der Waals surface area contributed by atoms with Crippen LogP contribution in [0.3, 0.4) is 0 Å². The predicted molar refractivity (Wildman–Crippen MR) is 100 cm³/mol. The van der Waals surface area contributed by atoms with E-state index in [1.165, 1.54) is 18.3 Å². The maximum absolute atomic E-state index is 14.1. The highest BCUT2D eigenvalue weighted by Gasteiger charge is 2.43. The minimum atomic E-state index is -0.345. The summed E-state index contributed by atoms with van der Waals surface area (Å²) < 4.78 is 32.7. The van der Waals surface area contributed by atoms with Crippen molar-refractivity contribution in [2.75, 3.05) is 23.2 Å². The van der Waals surface area contributed by atoms with Crippen molar-refractivity contribution in [2.24, 2.45) is 4.99 Å². The van der Waals surface area contributed by atoms with E-state index >= 15 is 0 Å². The van der Waals surface area contributed by atoms with Crippen LogP contribution in [-0.4, -0.2) is 39.4 Å². The number of hydrogen-bond acceptors (Lipinski definition) is 8. The molecule has 3 aromatic rings. The molecule has 6 rings (SSSR count). The largest absolute Gasteiger partial charge is 0.332 e. The first kappa shape index (κ1) is 16.0. The Bertz CT molecular complexity index is 1170. The van der Waals surface area contributed by atoms with Gasteiger partial charge < -0.3 is 9.42 Å². The number of anilines is 2. The molecule has 1 aromatic heterocycles. The van der Waals surface area contributed by atoms with Crippen molar-refractivity contribution in [2.45, 2.75) is 0 Å². The molecule has 0 saturated carbocycles. The fraction of sp³-hybridized carbons (Fsp3) is 0.105. The van der Waals surface area contributed by atoms with E-state index < -0.39 is 0 Å². The molecule has 0 N–H and O–H groups in total. The van der Waals surface area contributed by atoms with Gasteiger partial charge in [0.25, 0.3) is 11.8 Å². The Morgan fingerprint density at radius 3 is 2.72 bits per heavy atom. The van der Waals surface area contributed by atoms with E-state index in [-0.39, 0.29) is 31.0 Å². The Morgan fingerprint density at radius 1 is 1.03 bits per heavy atom. The maximum Gasteiger partial charge on any atom is 0.287 e. The molecule has 3 aliphatic rings. The van der Waals surface area contributed by atoms with Crippen molar-refractivity contribution in [3.8, 4) is 11.5 Å². The van der Waals surface area contributed by atoms with Gasteiger partial charge in [-0.05, 0) is 41.6 Å². The van der Waals surface area contributed by atoms with Crippen molar-refractivity contribution in [3.05, 3.63) is 71.9 Å². The van der Waals surface area contributed by atoms with Crippen molar-refractivity contribution >= 4 is 17.5 Å². The third-order valence-electron chi connectivity index (χ3n) is 5.00. The first-order valence-electron chi connectivity index (χ1n) is 8.92. The molecule has 10 heteroatoms. The number of fused-ring (bicyclic) bond motifs is 6. The summed E-state index contributed by atoms with van der Waals surface area (Å²) in [5.41, 5.74) is 2.38. The molecule has 144 valence electrons. The van der Waals surface area contributed by atoms with Crippen molar-refractivity contribution in [1.29, 1.82) is 0 Å². The number of hydrogen-bond donors (Lipinski definition) is 0. The third-order valence-corrected chi connectivity index (χ3v) is 5.00. The quantitative estimate of drug-likeness (QED) is 0.620. The first-order chi connectivity index (χ1) is 14.2. The van der Waals surface area contributed by atoms with Gasteiger partial charge in [0, 0.05) is 11.1 Å². The smallest absolute Gasteiger partial charge is 0.287 e. The zero-order chi connectivity index (χ0) is 19.5. The Morgan fingerprint density at radius 2 is 1.86 bits per heavy atom. The SMILES string of the molecule is Fc1ccc(-c2nc(N3CN=C4c5ccccc5N5CN(F)C=C5N43)no2)cc1. The second-order valence-electron chi connectivity index (χ2n) is 6.71. The number of hydrazine groups is 1. The van der Waals surface area contributed by atoms with Gasteiger partial charge in [0.05, 0.1) is 11.9 Å². The lowest BCUT2D eigenvalue weighted by molar-refractivity contribution is 0.104. The molecule has 0 radical (unpaired) electrons. The summed E-state index contributed by atoms with van der Waals surface area (Å²) in [5.74, 6) is 1.49. The van der Waals surface area contributed by atoms with Gasteiger partial charge in [0.15, 0.2) is 11.7 Å². The van der Waals surface area contributed by atoms with Crippen LogP contribution in [0.5, 0.6) is 0 Å². The number of rotatable bonds is 2. The zero-order valence-electron chi connectivity index (χ0n) is 14.9. The van der Waals surface area contributed by atoms with Crippen molar-refractivity contribution in [1.82, 2.24) is 20.3 Å². The standard InChI is InChI=1S/C19H13F2N7O/c20-13-7-5-12(6-8-13)18-23-19(24-29-18)27-10-22-17-14-3-1-2-4-15(14)26-11-25(21)9-16(26)28(17)27/h1-9H,10-11H2. The van der Waals surface area contributed by atoms with Gasteiger partial charge in [-0.1, -0.05) is 16.6 Å². The maximum atomic E-state index is 14.1. The van der Waals surface area contributed by atoms with Gasteiger partial charge in [-0.15, -0.1) is 0 Å². The fourth-order valence-corrected chi connectivity index (χ4v) is 3.70. The average Bonchev–Trinajstić information content (AvgIpc) is 3.45. The lowest BCUT2D eigenvalue weighted by Crippen LogP contribution is -2.49. The highest BCUT2D eigenvalue weighted by atomic mass is 19.2. The van der Waals surface area contributed by atoms with Crippen LogP contribution in [0.1, 0.15) is 5.56 Å².